The van der Waals surface area contributed by atoms with Gasteiger partial charge in [0, 0.05) is 11.8 Å². The Hall–Kier alpha value is -1.61. The SMILES string of the molecule is OC1(c2cnn(-c3ccccc3)c2)C2CCCC21. The zero-order valence-corrected chi connectivity index (χ0v) is 10.2. The van der Waals surface area contributed by atoms with Crippen LogP contribution in [0.2, 0.25) is 0 Å². The molecule has 0 saturated heterocycles. The number of para-hydroxylation sites is 1. The summed E-state index contributed by atoms with van der Waals surface area (Å²) < 4.78 is 1.85. The van der Waals surface area contributed by atoms with E-state index in [1.54, 1.807) is 0 Å². The fourth-order valence-electron chi connectivity index (χ4n) is 3.60. The number of aliphatic hydroxyl groups is 1. The van der Waals surface area contributed by atoms with E-state index in [0.717, 1.165) is 24.1 Å². The summed E-state index contributed by atoms with van der Waals surface area (Å²) in [5, 5.41) is 15.1. The lowest BCUT2D eigenvalue weighted by molar-refractivity contribution is 0.105. The lowest BCUT2D eigenvalue weighted by Gasteiger charge is -2.11. The van der Waals surface area contributed by atoms with Crippen molar-refractivity contribution in [2.45, 2.75) is 24.9 Å². The molecule has 2 fully saturated rings. The third-order valence-corrected chi connectivity index (χ3v) is 4.60. The summed E-state index contributed by atoms with van der Waals surface area (Å²) in [7, 11) is 0. The molecule has 2 unspecified atom stereocenters. The quantitative estimate of drug-likeness (QED) is 0.875. The van der Waals surface area contributed by atoms with Crippen molar-refractivity contribution in [3.8, 4) is 5.69 Å². The Balaban J connectivity index is 1.68. The Kier molecular flexibility index (Phi) is 1.98. The Morgan fingerprint density at radius 2 is 1.89 bits per heavy atom. The van der Waals surface area contributed by atoms with Crippen LogP contribution in [-0.2, 0) is 5.60 Å². The maximum Gasteiger partial charge on any atom is 0.0990 e. The largest absolute Gasteiger partial charge is 0.384 e. The molecule has 1 N–H and O–H groups in total. The molecule has 0 spiro atoms. The van der Waals surface area contributed by atoms with E-state index in [9.17, 15) is 5.11 Å². The first kappa shape index (κ1) is 10.3. The number of hydrogen-bond donors (Lipinski definition) is 1. The average molecular weight is 240 g/mol. The predicted molar refractivity (Wildman–Crippen MR) is 68.3 cm³/mol. The molecule has 1 aromatic carbocycles. The smallest absolute Gasteiger partial charge is 0.0990 e. The zero-order valence-electron chi connectivity index (χ0n) is 10.2. The summed E-state index contributed by atoms with van der Waals surface area (Å²) in [6.07, 6.45) is 7.40. The lowest BCUT2D eigenvalue weighted by Crippen LogP contribution is -2.12. The molecule has 2 aromatic rings. The van der Waals surface area contributed by atoms with Gasteiger partial charge < -0.3 is 5.11 Å². The Bertz CT molecular complexity index is 565. The third kappa shape index (κ3) is 1.25. The van der Waals surface area contributed by atoms with Gasteiger partial charge in [-0.25, -0.2) is 4.68 Å². The van der Waals surface area contributed by atoms with Crippen molar-refractivity contribution < 1.29 is 5.11 Å². The molecule has 4 rings (SSSR count). The maximum absolute atomic E-state index is 10.7. The molecular formula is C15H16N2O. The molecule has 2 atom stereocenters. The van der Waals surface area contributed by atoms with E-state index in [-0.39, 0.29) is 0 Å². The summed E-state index contributed by atoms with van der Waals surface area (Å²) in [5.41, 5.74) is 1.45. The molecular weight excluding hydrogens is 224 g/mol. The Morgan fingerprint density at radius 1 is 1.17 bits per heavy atom. The highest BCUT2D eigenvalue weighted by Gasteiger charge is 2.66. The van der Waals surface area contributed by atoms with Gasteiger partial charge in [0.25, 0.3) is 0 Å². The minimum atomic E-state index is -0.578. The minimum Gasteiger partial charge on any atom is -0.384 e. The molecule has 2 aliphatic rings. The monoisotopic (exact) mass is 240 g/mol. The molecule has 2 aliphatic carbocycles. The lowest BCUT2D eigenvalue weighted by atomic mass is 10.0. The van der Waals surface area contributed by atoms with Crippen LogP contribution in [0.25, 0.3) is 5.69 Å². The second-order valence-electron chi connectivity index (χ2n) is 5.48. The summed E-state index contributed by atoms with van der Waals surface area (Å²) in [6.45, 7) is 0. The van der Waals surface area contributed by atoms with Crippen molar-refractivity contribution in [3.05, 3.63) is 48.3 Å². The van der Waals surface area contributed by atoms with Gasteiger partial charge in [0.15, 0.2) is 0 Å². The first-order chi connectivity index (χ1) is 8.80. The van der Waals surface area contributed by atoms with Gasteiger partial charge in [0.05, 0.1) is 17.5 Å². The maximum atomic E-state index is 10.7. The van der Waals surface area contributed by atoms with Crippen LogP contribution in [0.5, 0.6) is 0 Å². The van der Waals surface area contributed by atoms with Crippen LogP contribution in [0.15, 0.2) is 42.7 Å². The number of fused-ring (bicyclic) bond motifs is 1. The third-order valence-electron chi connectivity index (χ3n) is 4.60. The van der Waals surface area contributed by atoms with Crippen molar-refractivity contribution in [1.29, 1.82) is 0 Å². The molecule has 1 heterocycles. The van der Waals surface area contributed by atoms with E-state index < -0.39 is 5.60 Å². The van der Waals surface area contributed by atoms with Gasteiger partial charge in [0.2, 0.25) is 0 Å². The average Bonchev–Trinajstić information content (AvgIpc) is 2.94. The molecule has 0 bridgehead atoms. The van der Waals surface area contributed by atoms with E-state index in [4.69, 9.17) is 0 Å². The van der Waals surface area contributed by atoms with Crippen LogP contribution in [0.1, 0.15) is 24.8 Å². The van der Waals surface area contributed by atoms with E-state index in [2.05, 4.69) is 5.10 Å². The second-order valence-corrected chi connectivity index (χ2v) is 5.48. The molecule has 0 amide bonds. The van der Waals surface area contributed by atoms with Crippen LogP contribution < -0.4 is 0 Å². The van der Waals surface area contributed by atoms with E-state index in [1.165, 1.54) is 6.42 Å². The van der Waals surface area contributed by atoms with Gasteiger partial charge in [0.1, 0.15) is 0 Å². The fraction of sp³-hybridized carbons (Fsp3) is 0.400. The molecule has 2 saturated carbocycles. The van der Waals surface area contributed by atoms with Gasteiger partial charge in [-0.15, -0.1) is 0 Å². The van der Waals surface area contributed by atoms with Crippen molar-refractivity contribution in [2.24, 2.45) is 11.8 Å². The highest BCUT2D eigenvalue weighted by molar-refractivity contribution is 5.35. The molecule has 0 aliphatic heterocycles. The topological polar surface area (TPSA) is 38.1 Å². The first-order valence-electron chi connectivity index (χ1n) is 6.63. The highest BCUT2D eigenvalue weighted by Crippen LogP contribution is 2.66. The van der Waals surface area contributed by atoms with Crippen LogP contribution in [0.4, 0.5) is 0 Å². The zero-order chi connectivity index (χ0) is 12.2. The van der Waals surface area contributed by atoms with Crippen LogP contribution in [0, 0.1) is 11.8 Å². The number of benzene rings is 1. The fourth-order valence-corrected chi connectivity index (χ4v) is 3.60. The van der Waals surface area contributed by atoms with Crippen LogP contribution in [-0.4, -0.2) is 14.9 Å². The van der Waals surface area contributed by atoms with E-state index >= 15 is 0 Å². The van der Waals surface area contributed by atoms with Crippen molar-refractivity contribution >= 4 is 0 Å². The summed E-state index contributed by atoms with van der Waals surface area (Å²) in [5.74, 6) is 0.955. The number of rotatable bonds is 2. The number of aromatic nitrogens is 2. The van der Waals surface area contributed by atoms with Crippen molar-refractivity contribution in [3.63, 3.8) is 0 Å². The molecule has 92 valence electrons. The molecule has 3 heteroatoms. The molecule has 0 radical (unpaired) electrons. The normalized spacial score (nSPS) is 33.4. The standard InChI is InChI=1S/C15H16N2O/c18-15(13-7-4-8-14(13)15)11-9-16-17(10-11)12-5-2-1-3-6-12/h1-3,5-6,9-10,13-14,18H,4,7-8H2. The summed E-state index contributed by atoms with van der Waals surface area (Å²) in [6, 6.07) is 10.0. The predicted octanol–water partition coefficient (Wildman–Crippen LogP) is 2.49. The number of nitrogens with zero attached hydrogens (tertiary/aromatic N) is 2. The summed E-state index contributed by atoms with van der Waals surface area (Å²) in [4.78, 5) is 0. The summed E-state index contributed by atoms with van der Waals surface area (Å²) >= 11 is 0. The van der Waals surface area contributed by atoms with Gasteiger partial charge >= 0.3 is 0 Å². The van der Waals surface area contributed by atoms with Crippen LogP contribution in [0.3, 0.4) is 0 Å². The van der Waals surface area contributed by atoms with Gasteiger partial charge in [-0.1, -0.05) is 24.6 Å². The highest BCUT2D eigenvalue weighted by atomic mass is 16.3. The molecule has 18 heavy (non-hydrogen) atoms. The van der Waals surface area contributed by atoms with E-state index in [0.29, 0.717) is 11.8 Å². The van der Waals surface area contributed by atoms with Crippen LogP contribution >= 0.6 is 0 Å². The Morgan fingerprint density at radius 3 is 2.61 bits per heavy atom. The molecule has 3 nitrogen and oxygen atoms in total. The van der Waals surface area contributed by atoms with Crippen molar-refractivity contribution in [2.75, 3.05) is 0 Å². The number of hydrogen-bond acceptors (Lipinski definition) is 2. The second kappa shape index (κ2) is 3.45. The van der Waals surface area contributed by atoms with Gasteiger partial charge in [-0.3, -0.25) is 0 Å². The first-order valence-corrected chi connectivity index (χ1v) is 6.63. The van der Waals surface area contributed by atoms with Crippen molar-refractivity contribution in [1.82, 2.24) is 9.78 Å². The molecule has 1 aromatic heterocycles. The van der Waals surface area contributed by atoms with Gasteiger partial charge in [-0.2, -0.15) is 5.10 Å². The van der Waals surface area contributed by atoms with Gasteiger partial charge in [-0.05, 0) is 36.8 Å². The minimum absolute atomic E-state index is 0.478. The Labute approximate surface area is 106 Å². The van der Waals surface area contributed by atoms with E-state index in [1.807, 2.05) is 47.4 Å².